The summed E-state index contributed by atoms with van der Waals surface area (Å²) in [4.78, 5) is 11.0. The number of fused-ring (bicyclic) bond motifs is 5. The molecule has 2 unspecified atom stereocenters. The molecule has 6 atom stereocenters. The van der Waals surface area contributed by atoms with Gasteiger partial charge >= 0.3 is 13.1 Å². The number of hydrogen-bond donors (Lipinski definition) is 2. The third kappa shape index (κ3) is 4.57. The predicted octanol–water partition coefficient (Wildman–Crippen LogP) is 5.97. The van der Waals surface area contributed by atoms with Gasteiger partial charge in [-0.15, -0.1) is 0 Å². The summed E-state index contributed by atoms with van der Waals surface area (Å²) in [6, 6.07) is 8.78. The third-order valence-electron chi connectivity index (χ3n) is 11.2. The molecule has 1 heterocycles. The fourth-order valence-corrected chi connectivity index (χ4v) is 8.27. The highest BCUT2D eigenvalue weighted by Crippen LogP contribution is 2.64. The largest absolute Gasteiger partial charge is 0.494 e. The minimum Gasteiger partial charge on any atom is -0.478 e. The molecule has 3 fully saturated rings. The van der Waals surface area contributed by atoms with Crippen molar-refractivity contribution in [3.05, 3.63) is 70.3 Å². The third-order valence-corrected chi connectivity index (χ3v) is 11.2. The topological polar surface area (TPSA) is 76.0 Å². The Morgan fingerprint density at radius 1 is 0.976 bits per heavy atom. The zero-order valence-electron chi connectivity index (χ0n) is 24.4. The summed E-state index contributed by atoms with van der Waals surface area (Å²) < 4.78 is 44.3. The maximum absolute atomic E-state index is 15.9. The minimum atomic E-state index is -1.18. The van der Waals surface area contributed by atoms with Crippen molar-refractivity contribution in [1.29, 1.82) is 0 Å². The number of carboxylic acid groups (broad SMARTS) is 1. The van der Waals surface area contributed by atoms with Gasteiger partial charge in [-0.05, 0) is 129 Å². The Morgan fingerprint density at radius 3 is 2.27 bits per heavy atom. The lowest BCUT2D eigenvalue weighted by atomic mass is 9.51. The highest BCUT2D eigenvalue weighted by atomic mass is 19.1. The number of aliphatic carboxylic acids is 1. The Hall–Kier alpha value is -2.55. The van der Waals surface area contributed by atoms with E-state index in [0.717, 1.165) is 36.4 Å². The average Bonchev–Trinajstić information content (AvgIpc) is 3.31. The van der Waals surface area contributed by atoms with E-state index in [1.54, 1.807) is 0 Å². The number of hydrogen-bond acceptors (Lipinski definition) is 4. The van der Waals surface area contributed by atoms with Gasteiger partial charge in [0.15, 0.2) is 0 Å². The average molecular weight is 564 g/mol. The molecule has 8 heteroatoms. The van der Waals surface area contributed by atoms with Gasteiger partial charge in [0.1, 0.15) is 11.6 Å². The molecule has 2 saturated carbocycles. The van der Waals surface area contributed by atoms with Crippen LogP contribution in [-0.2, 0) is 20.5 Å². The van der Waals surface area contributed by atoms with Gasteiger partial charge in [0, 0.05) is 11.6 Å². The zero-order valence-corrected chi connectivity index (χ0v) is 24.4. The van der Waals surface area contributed by atoms with E-state index in [1.807, 2.05) is 27.7 Å². The van der Waals surface area contributed by atoms with Crippen LogP contribution in [0.4, 0.5) is 8.78 Å². The van der Waals surface area contributed by atoms with Crippen LogP contribution in [0.3, 0.4) is 0 Å². The van der Waals surface area contributed by atoms with Crippen molar-refractivity contribution in [2.24, 2.45) is 17.3 Å². The molecule has 2 aromatic rings. The molecule has 0 amide bonds. The molecule has 41 heavy (non-hydrogen) atoms. The van der Waals surface area contributed by atoms with Crippen LogP contribution in [0.25, 0.3) is 6.08 Å². The fourth-order valence-electron chi connectivity index (χ4n) is 8.27. The lowest BCUT2D eigenvalue weighted by Crippen LogP contribution is -2.47. The minimum absolute atomic E-state index is 0.0227. The maximum Gasteiger partial charge on any atom is 0.494 e. The first-order valence-corrected chi connectivity index (χ1v) is 14.8. The number of benzene rings is 2. The Bertz CT molecular complexity index is 1380. The highest BCUT2D eigenvalue weighted by Gasteiger charge is 2.58. The van der Waals surface area contributed by atoms with E-state index >= 15 is 8.78 Å². The first kappa shape index (κ1) is 28.6. The van der Waals surface area contributed by atoms with E-state index in [-0.39, 0.29) is 34.3 Å². The normalized spacial score (nSPS) is 33.5. The van der Waals surface area contributed by atoms with Crippen LogP contribution in [-0.4, -0.2) is 40.6 Å². The van der Waals surface area contributed by atoms with Gasteiger partial charge in [0.2, 0.25) is 0 Å². The van der Waals surface area contributed by atoms with Gasteiger partial charge in [-0.3, -0.25) is 0 Å². The summed E-state index contributed by atoms with van der Waals surface area (Å²) >= 11 is 0. The van der Waals surface area contributed by atoms with E-state index in [2.05, 4.69) is 25.1 Å². The molecule has 1 saturated heterocycles. The van der Waals surface area contributed by atoms with Crippen LogP contribution in [0.2, 0.25) is 0 Å². The lowest BCUT2D eigenvalue weighted by Gasteiger charge is -2.53. The number of rotatable bonds is 4. The number of aliphatic hydroxyl groups is 1. The van der Waals surface area contributed by atoms with Crippen LogP contribution in [0.5, 0.6) is 0 Å². The van der Waals surface area contributed by atoms with Crippen LogP contribution < -0.4 is 5.46 Å². The smallest absolute Gasteiger partial charge is 0.478 e. The highest BCUT2D eigenvalue weighted by molar-refractivity contribution is 6.62. The summed E-state index contributed by atoms with van der Waals surface area (Å²) in [6.07, 6.45) is 5.38. The number of aliphatic hydroxyl groups excluding tert-OH is 1. The van der Waals surface area contributed by atoms with Crippen molar-refractivity contribution in [1.82, 2.24) is 0 Å². The predicted molar refractivity (Wildman–Crippen MR) is 154 cm³/mol. The van der Waals surface area contributed by atoms with Crippen molar-refractivity contribution in [2.75, 3.05) is 0 Å². The molecule has 1 aliphatic heterocycles. The molecule has 0 aromatic heterocycles. The Labute approximate surface area is 241 Å². The van der Waals surface area contributed by atoms with Crippen LogP contribution in [0.15, 0.2) is 36.4 Å². The fraction of sp³-hybridized carbons (Fsp3) is 0.545. The summed E-state index contributed by atoms with van der Waals surface area (Å²) in [5.74, 6) is -2.68. The second-order valence-electron chi connectivity index (χ2n) is 13.9. The molecule has 4 aliphatic rings. The quantitative estimate of drug-likeness (QED) is 0.354. The van der Waals surface area contributed by atoms with Crippen LogP contribution >= 0.6 is 0 Å². The number of carboxylic acids is 1. The summed E-state index contributed by atoms with van der Waals surface area (Å²) in [5, 5.41) is 20.0. The molecule has 3 aliphatic carbocycles. The Balaban J connectivity index is 1.44. The molecule has 0 spiro atoms. The molecule has 6 rings (SSSR count). The monoisotopic (exact) mass is 564 g/mol. The van der Waals surface area contributed by atoms with Crippen molar-refractivity contribution in [2.45, 2.75) is 95.9 Å². The van der Waals surface area contributed by atoms with E-state index in [9.17, 15) is 9.90 Å². The van der Waals surface area contributed by atoms with E-state index in [1.165, 1.54) is 23.8 Å². The molecule has 5 nitrogen and oxygen atoms in total. The first-order valence-electron chi connectivity index (χ1n) is 14.8. The molecular formula is C33H39BF2O5. The number of halogens is 2. The van der Waals surface area contributed by atoms with Gasteiger partial charge < -0.3 is 19.5 Å². The van der Waals surface area contributed by atoms with Crippen LogP contribution in [0.1, 0.15) is 94.4 Å². The van der Waals surface area contributed by atoms with Gasteiger partial charge in [-0.1, -0.05) is 25.1 Å². The summed E-state index contributed by atoms with van der Waals surface area (Å²) in [6.45, 7) is 10.2. The standard InChI is InChI=1S/C33H39BF2O5/c1-31(2)32(3,4)41-34(40-31)20-7-8-21-19(16-20)17-23(29-22(21)12-13-33(5)24(29)9-10-27(33)37)30-25(35)14-18(15-26(30)36)6-11-28(38)39/h6-8,11,14-16,22-24,27,29,37H,9-10,12-13,17H2,1-5H3,(H,38,39)/b11-6+/t22?,23-,24?,27-,29-,33-/m0/s1. The van der Waals surface area contributed by atoms with E-state index in [0.29, 0.717) is 12.8 Å². The van der Waals surface area contributed by atoms with Crippen LogP contribution in [0, 0.1) is 28.9 Å². The molecule has 0 radical (unpaired) electrons. The first-order chi connectivity index (χ1) is 19.2. The molecule has 2 N–H and O–H groups in total. The van der Waals surface area contributed by atoms with Crippen molar-refractivity contribution in [3.63, 3.8) is 0 Å². The molecule has 2 aromatic carbocycles. The second kappa shape index (κ2) is 9.75. The van der Waals surface area contributed by atoms with Crippen molar-refractivity contribution < 1.29 is 33.1 Å². The van der Waals surface area contributed by atoms with E-state index < -0.39 is 47.9 Å². The molecule has 0 bridgehead atoms. The Morgan fingerprint density at radius 2 is 1.63 bits per heavy atom. The zero-order chi connectivity index (χ0) is 29.5. The van der Waals surface area contributed by atoms with Gasteiger partial charge in [-0.2, -0.15) is 0 Å². The van der Waals surface area contributed by atoms with Crippen molar-refractivity contribution >= 4 is 24.6 Å². The van der Waals surface area contributed by atoms with Gasteiger partial charge in [0.05, 0.1) is 17.3 Å². The number of carbonyl (C=O) groups is 1. The maximum atomic E-state index is 15.9. The van der Waals surface area contributed by atoms with E-state index in [4.69, 9.17) is 14.4 Å². The van der Waals surface area contributed by atoms with Gasteiger partial charge in [-0.25, -0.2) is 13.6 Å². The summed E-state index contributed by atoms with van der Waals surface area (Å²) in [7, 11) is -0.533. The molecular weight excluding hydrogens is 525 g/mol. The van der Waals surface area contributed by atoms with Crippen molar-refractivity contribution in [3.8, 4) is 0 Å². The Kier molecular flexibility index (Phi) is 6.79. The SMILES string of the molecule is CC1(C)OB(c2ccc3c(c2)C[C@H](c2c(F)cc(/C=C/C(=O)O)cc2F)[C@@H]2C3CC[C@@]3(C)C2CC[C@@H]3O)OC1(C)C. The molecule has 218 valence electrons. The summed E-state index contributed by atoms with van der Waals surface area (Å²) in [5.41, 5.74) is 2.15. The van der Waals surface area contributed by atoms with Gasteiger partial charge in [0.25, 0.3) is 0 Å². The lowest BCUT2D eigenvalue weighted by molar-refractivity contribution is -0.131. The second-order valence-corrected chi connectivity index (χ2v) is 13.9.